The van der Waals surface area contributed by atoms with Gasteiger partial charge in [-0.2, -0.15) is 0 Å². The Balaban J connectivity index is 1.94. The molecule has 0 fully saturated rings. The van der Waals surface area contributed by atoms with Crippen molar-refractivity contribution in [1.29, 1.82) is 0 Å². The fourth-order valence-corrected chi connectivity index (χ4v) is 2.48. The second kappa shape index (κ2) is 3.88. The lowest BCUT2D eigenvalue weighted by molar-refractivity contribution is 0.623. The van der Waals surface area contributed by atoms with Crippen molar-refractivity contribution < 1.29 is 4.39 Å². The van der Waals surface area contributed by atoms with Crippen LogP contribution in [0.1, 0.15) is 22.7 Å². The average molecular weight is 227 g/mol. The average Bonchev–Trinajstić information content (AvgIpc) is 2.74. The van der Waals surface area contributed by atoms with Crippen LogP contribution in [0.25, 0.3) is 0 Å². The summed E-state index contributed by atoms with van der Waals surface area (Å²) < 4.78 is 13.2. The molecule has 1 aliphatic heterocycles. The van der Waals surface area contributed by atoms with E-state index >= 15 is 0 Å². The summed E-state index contributed by atoms with van der Waals surface area (Å²) in [5.74, 6) is -0.169. The predicted molar refractivity (Wildman–Crippen MR) is 67.6 cm³/mol. The molecular weight excluding hydrogens is 213 g/mol. The monoisotopic (exact) mass is 227 g/mol. The highest BCUT2D eigenvalue weighted by Crippen LogP contribution is 2.35. The molecule has 3 rings (SSSR count). The molecule has 0 radical (unpaired) electrons. The first-order valence-electron chi connectivity index (χ1n) is 5.84. The molecule has 2 aromatic rings. The molecule has 1 heterocycles. The number of benzene rings is 2. The fraction of sp³-hybridized carbons (Fsp3) is 0.200. The van der Waals surface area contributed by atoms with Gasteiger partial charge < -0.3 is 5.32 Å². The molecule has 17 heavy (non-hydrogen) atoms. The quantitative estimate of drug-likeness (QED) is 0.780. The maximum Gasteiger partial charge on any atom is 0.123 e. The van der Waals surface area contributed by atoms with Gasteiger partial charge in [-0.3, -0.25) is 0 Å². The molecule has 86 valence electrons. The minimum atomic E-state index is -0.169. The third-order valence-electron chi connectivity index (χ3n) is 3.40. The van der Waals surface area contributed by atoms with Gasteiger partial charge in [0.25, 0.3) is 0 Å². The van der Waals surface area contributed by atoms with Gasteiger partial charge in [0.05, 0.1) is 6.04 Å². The van der Waals surface area contributed by atoms with Crippen LogP contribution in [0.2, 0.25) is 0 Å². The zero-order chi connectivity index (χ0) is 11.8. The Morgan fingerprint density at radius 1 is 1.18 bits per heavy atom. The molecule has 0 aliphatic carbocycles. The maximum absolute atomic E-state index is 13.2. The molecular formula is C15H14FN. The normalized spacial score (nSPS) is 17.6. The summed E-state index contributed by atoms with van der Waals surface area (Å²) in [6, 6.07) is 13.3. The van der Waals surface area contributed by atoms with Gasteiger partial charge in [0.15, 0.2) is 0 Å². The lowest BCUT2D eigenvalue weighted by Crippen LogP contribution is -2.05. The van der Waals surface area contributed by atoms with Crippen LogP contribution in [0.5, 0.6) is 0 Å². The van der Waals surface area contributed by atoms with Gasteiger partial charge in [0, 0.05) is 5.69 Å². The third kappa shape index (κ3) is 1.80. The standard InChI is InChI=1S/C15H14FN/c1-10-4-2-7-14-13(10)9-15(17-14)11-5-3-6-12(16)8-11/h2-8,15,17H,9H2,1H3. The van der Waals surface area contributed by atoms with E-state index in [4.69, 9.17) is 0 Å². The van der Waals surface area contributed by atoms with Crippen LogP contribution in [0.4, 0.5) is 10.1 Å². The van der Waals surface area contributed by atoms with Gasteiger partial charge >= 0.3 is 0 Å². The molecule has 1 aliphatic rings. The van der Waals surface area contributed by atoms with Crippen LogP contribution in [0, 0.1) is 12.7 Å². The summed E-state index contributed by atoms with van der Waals surface area (Å²) in [7, 11) is 0. The van der Waals surface area contributed by atoms with Gasteiger partial charge in [-0.1, -0.05) is 24.3 Å². The van der Waals surface area contributed by atoms with Crippen LogP contribution in [-0.4, -0.2) is 0 Å². The first-order chi connectivity index (χ1) is 8.24. The minimum Gasteiger partial charge on any atom is -0.378 e. The minimum absolute atomic E-state index is 0.169. The molecule has 2 heteroatoms. The zero-order valence-corrected chi connectivity index (χ0v) is 9.70. The molecule has 0 bridgehead atoms. The fourth-order valence-electron chi connectivity index (χ4n) is 2.48. The summed E-state index contributed by atoms with van der Waals surface area (Å²) in [6.45, 7) is 2.12. The van der Waals surface area contributed by atoms with Gasteiger partial charge in [0.2, 0.25) is 0 Å². The third-order valence-corrected chi connectivity index (χ3v) is 3.40. The van der Waals surface area contributed by atoms with Crippen molar-refractivity contribution in [3.8, 4) is 0 Å². The van der Waals surface area contributed by atoms with Crippen molar-refractivity contribution in [2.75, 3.05) is 5.32 Å². The van der Waals surface area contributed by atoms with Crippen LogP contribution < -0.4 is 5.32 Å². The number of hydrogen-bond acceptors (Lipinski definition) is 1. The topological polar surface area (TPSA) is 12.0 Å². The number of hydrogen-bond donors (Lipinski definition) is 1. The number of anilines is 1. The lowest BCUT2D eigenvalue weighted by Gasteiger charge is -2.11. The van der Waals surface area contributed by atoms with Crippen molar-refractivity contribution >= 4 is 5.69 Å². The van der Waals surface area contributed by atoms with E-state index in [0.29, 0.717) is 0 Å². The second-order valence-electron chi connectivity index (χ2n) is 4.56. The van der Waals surface area contributed by atoms with Gasteiger partial charge in [-0.15, -0.1) is 0 Å². The van der Waals surface area contributed by atoms with E-state index < -0.39 is 0 Å². The van der Waals surface area contributed by atoms with Gasteiger partial charge in [-0.05, 0) is 48.2 Å². The molecule has 0 aromatic heterocycles. The number of halogens is 1. The Bertz CT molecular complexity index is 563. The highest BCUT2D eigenvalue weighted by atomic mass is 19.1. The molecule has 2 aromatic carbocycles. The first kappa shape index (κ1) is 10.3. The number of nitrogens with one attached hydrogen (secondary N) is 1. The Labute approximate surface area is 100 Å². The molecule has 0 amide bonds. The van der Waals surface area contributed by atoms with Crippen LogP contribution in [0.15, 0.2) is 42.5 Å². The van der Waals surface area contributed by atoms with Crippen molar-refractivity contribution in [2.24, 2.45) is 0 Å². The Hall–Kier alpha value is -1.83. The summed E-state index contributed by atoms with van der Waals surface area (Å²) in [4.78, 5) is 0. The predicted octanol–water partition coefficient (Wildman–Crippen LogP) is 3.84. The Morgan fingerprint density at radius 2 is 2.00 bits per heavy atom. The summed E-state index contributed by atoms with van der Waals surface area (Å²) in [6.07, 6.45) is 0.936. The number of rotatable bonds is 1. The van der Waals surface area contributed by atoms with E-state index in [9.17, 15) is 4.39 Å². The Kier molecular flexibility index (Phi) is 2.36. The maximum atomic E-state index is 13.2. The molecule has 1 N–H and O–H groups in total. The van der Waals surface area contributed by atoms with E-state index in [2.05, 4.69) is 30.4 Å². The highest BCUT2D eigenvalue weighted by molar-refractivity contribution is 5.60. The zero-order valence-electron chi connectivity index (χ0n) is 9.70. The van der Waals surface area contributed by atoms with Crippen molar-refractivity contribution in [3.63, 3.8) is 0 Å². The number of aryl methyl sites for hydroxylation is 1. The summed E-state index contributed by atoms with van der Waals surface area (Å²) >= 11 is 0. The largest absolute Gasteiger partial charge is 0.378 e. The first-order valence-corrected chi connectivity index (χ1v) is 5.84. The van der Waals surface area contributed by atoms with Crippen molar-refractivity contribution in [3.05, 3.63) is 65.0 Å². The van der Waals surface area contributed by atoms with E-state index in [1.165, 1.54) is 22.9 Å². The van der Waals surface area contributed by atoms with Gasteiger partial charge in [0.1, 0.15) is 5.82 Å². The van der Waals surface area contributed by atoms with Crippen LogP contribution in [-0.2, 0) is 6.42 Å². The number of fused-ring (bicyclic) bond motifs is 1. The SMILES string of the molecule is Cc1cccc2c1CC(c1cccc(F)c1)N2. The summed E-state index contributed by atoms with van der Waals surface area (Å²) in [5, 5.41) is 3.45. The smallest absolute Gasteiger partial charge is 0.123 e. The molecule has 0 saturated carbocycles. The van der Waals surface area contributed by atoms with Crippen LogP contribution >= 0.6 is 0 Å². The Morgan fingerprint density at radius 3 is 2.76 bits per heavy atom. The summed E-state index contributed by atoms with van der Waals surface area (Å²) in [5.41, 5.74) is 4.84. The van der Waals surface area contributed by atoms with Crippen molar-refractivity contribution in [1.82, 2.24) is 0 Å². The molecule has 1 nitrogen and oxygen atoms in total. The van der Waals surface area contributed by atoms with Crippen LogP contribution in [0.3, 0.4) is 0 Å². The molecule has 1 atom stereocenters. The van der Waals surface area contributed by atoms with E-state index in [1.54, 1.807) is 12.1 Å². The van der Waals surface area contributed by atoms with E-state index in [1.807, 2.05) is 6.07 Å². The highest BCUT2D eigenvalue weighted by Gasteiger charge is 2.23. The molecule has 1 unspecified atom stereocenters. The molecule has 0 spiro atoms. The van der Waals surface area contributed by atoms with Crippen molar-refractivity contribution in [2.45, 2.75) is 19.4 Å². The van der Waals surface area contributed by atoms with E-state index in [-0.39, 0.29) is 11.9 Å². The molecule has 0 saturated heterocycles. The van der Waals surface area contributed by atoms with Gasteiger partial charge in [-0.25, -0.2) is 4.39 Å². The van der Waals surface area contributed by atoms with E-state index in [0.717, 1.165) is 12.0 Å². The second-order valence-corrected chi connectivity index (χ2v) is 4.56. The lowest BCUT2D eigenvalue weighted by atomic mass is 10.00.